The van der Waals surface area contributed by atoms with Crippen LogP contribution < -0.4 is 10.3 Å². The molecule has 1 fully saturated rings. The summed E-state index contributed by atoms with van der Waals surface area (Å²) in [5.41, 5.74) is 0.962. The molecule has 1 saturated heterocycles. The normalized spacial score (nSPS) is 16.1. The molecule has 1 aliphatic rings. The number of piperidine rings is 1. The first-order chi connectivity index (χ1) is 16.4. The maximum Gasteiger partial charge on any atom is 0.264 e. The van der Waals surface area contributed by atoms with Crippen LogP contribution in [0.4, 0.5) is 4.39 Å². The first kappa shape index (κ1) is 22.2. The molecule has 0 bridgehead atoms. The van der Waals surface area contributed by atoms with E-state index in [0.717, 1.165) is 25.4 Å². The van der Waals surface area contributed by atoms with Crippen LogP contribution in [0.15, 0.2) is 65.8 Å². The summed E-state index contributed by atoms with van der Waals surface area (Å²) in [6.07, 6.45) is 4.03. The second kappa shape index (κ2) is 9.00. The van der Waals surface area contributed by atoms with Crippen molar-refractivity contribution in [2.24, 2.45) is 0 Å². The minimum Gasteiger partial charge on any atom is -0.497 e. The quantitative estimate of drug-likeness (QED) is 0.473. The number of aliphatic hydroxyl groups is 1. The standard InChI is InChI=1S/C25H26FN5O3/c1-34-21-8-2-18(3-9-21)15-29-12-10-25(33,11-13-29)16-30-17-27-23-22(24(30)32)14-28-31(23)20-6-4-19(26)5-7-20/h2-9,14,17,33H,10-13,15-16H2,1H3. The summed E-state index contributed by atoms with van der Waals surface area (Å²) in [5, 5.41) is 15.8. The van der Waals surface area contributed by atoms with Crippen molar-refractivity contribution in [2.75, 3.05) is 20.2 Å². The van der Waals surface area contributed by atoms with Gasteiger partial charge in [0.05, 0.1) is 31.1 Å². The number of benzene rings is 2. The second-order valence-corrected chi connectivity index (χ2v) is 8.80. The largest absolute Gasteiger partial charge is 0.497 e. The van der Waals surface area contributed by atoms with Crippen molar-refractivity contribution < 1.29 is 14.2 Å². The number of rotatable bonds is 6. The molecule has 8 nitrogen and oxygen atoms in total. The third-order valence-corrected chi connectivity index (χ3v) is 6.44. The Hall–Kier alpha value is -3.56. The molecule has 0 aliphatic carbocycles. The zero-order valence-electron chi connectivity index (χ0n) is 18.9. The number of fused-ring (bicyclic) bond motifs is 1. The molecule has 2 aromatic heterocycles. The van der Waals surface area contributed by atoms with Crippen LogP contribution in [0.2, 0.25) is 0 Å². The molecule has 1 aliphatic heterocycles. The van der Waals surface area contributed by atoms with E-state index in [1.807, 2.05) is 24.3 Å². The maximum absolute atomic E-state index is 13.2. The molecule has 9 heteroatoms. The number of nitrogens with zero attached hydrogens (tertiary/aromatic N) is 5. The molecular weight excluding hydrogens is 437 g/mol. The third-order valence-electron chi connectivity index (χ3n) is 6.44. The van der Waals surface area contributed by atoms with E-state index in [1.54, 1.807) is 19.2 Å². The van der Waals surface area contributed by atoms with Crippen molar-refractivity contribution in [3.8, 4) is 11.4 Å². The second-order valence-electron chi connectivity index (χ2n) is 8.80. The Kier molecular flexibility index (Phi) is 5.89. The maximum atomic E-state index is 13.2. The third kappa shape index (κ3) is 4.44. The minimum absolute atomic E-state index is 0.173. The fraction of sp³-hybridized carbons (Fsp3) is 0.320. The summed E-state index contributed by atoms with van der Waals surface area (Å²) in [6, 6.07) is 13.8. The Bertz CT molecular complexity index is 1340. The van der Waals surface area contributed by atoms with E-state index < -0.39 is 5.60 Å². The van der Waals surface area contributed by atoms with Gasteiger partial charge >= 0.3 is 0 Å². The fourth-order valence-electron chi connectivity index (χ4n) is 4.42. The van der Waals surface area contributed by atoms with Crippen molar-refractivity contribution in [3.63, 3.8) is 0 Å². The molecule has 4 aromatic rings. The van der Waals surface area contributed by atoms with Crippen LogP contribution in [0, 0.1) is 5.82 Å². The van der Waals surface area contributed by atoms with E-state index in [1.165, 1.54) is 39.5 Å². The van der Waals surface area contributed by atoms with Gasteiger partial charge in [-0.05, 0) is 54.8 Å². The van der Waals surface area contributed by atoms with Crippen molar-refractivity contribution in [1.29, 1.82) is 0 Å². The molecular formula is C25H26FN5O3. The lowest BCUT2D eigenvalue weighted by atomic mass is 9.91. The van der Waals surface area contributed by atoms with Crippen LogP contribution in [0.1, 0.15) is 18.4 Å². The lowest BCUT2D eigenvalue weighted by Crippen LogP contribution is -2.47. The molecule has 176 valence electrons. The Labute approximate surface area is 195 Å². The molecule has 1 N–H and O–H groups in total. The van der Waals surface area contributed by atoms with Gasteiger partial charge < -0.3 is 9.84 Å². The van der Waals surface area contributed by atoms with E-state index in [4.69, 9.17) is 4.74 Å². The van der Waals surface area contributed by atoms with Crippen molar-refractivity contribution >= 4 is 11.0 Å². The number of hydrogen-bond acceptors (Lipinski definition) is 6. The average molecular weight is 464 g/mol. The van der Waals surface area contributed by atoms with Crippen LogP contribution in [0.3, 0.4) is 0 Å². The predicted molar refractivity (Wildman–Crippen MR) is 126 cm³/mol. The van der Waals surface area contributed by atoms with Crippen molar-refractivity contribution in [2.45, 2.75) is 31.5 Å². The molecule has 0 amide bonds. The molecule has 0 spiro atoms. The van der Waals surface area contributed by atoms with E-state index in [0.29, 0.717) is 29.6 Å². The van der Waals surface area contributed by atoms with Gasteiger partial charge in [-0.25, -0.2) is 14.1 Å². The topological polar surface area (TPSA) is 85.4 Å². The first-order valence-corrected chi connectivity index (χ1v) is 11.2. The fourth-order valence-corrected chi connectivity index (χ4v) is 4.42. The number of methoxy groups -OCH3 is 1. The van der Waals surface area contributed by atoms with Crippen LogP contribution in [-0.2, 0) is 13.1 Å². The zero-order chi connectivity index (χ0) is 23.7. The number of likely N-dealkylation sites (tertiary alicyclic amines) is 1. The van der Waals surface area contributed by atoms with E-state index in [2.05, 4.69) is 15.0 Å². The van der Waals surface area contributed by atoms with Gasteiger partial charge in [0.1, 0.15) is 23.3 Å². The number of aromatic nitrogens is 4. The Balaban J connectivity index is 1.28. The molecule has 3 heterocycles. The van der Waals surface area contributed by atoms with Gasteiger partial charge in [-0.15, -0.1) is 0 Å². The van der Waals surface area contributed by atoms with Gasteiger partial charge in [0, 0.05) is 19.6 Å². The smallest absolute Gasteiger partial charge is 0.264 e. The van der Waals surface area contributed by atoms with Gasteiger partial charge in [0.2, 0.25) is 0 Å². The summed E-state index contributed by atoms with van der Waals surface area (Å²) < 4.78 is 21.4. The average Bonchev–Trinajstić information content (AvgIpc) is 3.28. The van der Waals surface area contributed by atoms with Crippen LogP contribution >= 0.6 is 0 Å². The van der Waals surface area contributed by atoms with Gasteiger partial charge in [0.15, 0.2) is 5.65 Å². The Morgan fingerprint density at radius 1 is 1.09 bits per heavy atom. The molecule has 0 radical (unpaired) electrons. The summed E-state index contributed by atoms with van der Waals surface area (Å²) in [5.74, 6) is 0.481. The summed E-state index contributed by atoms with van der Waals surface area (Å²) >= 11 is 0. The summed E-state index contributed by atoms with van der Waals surface area (Å²) in [6.45, 7) is 2.44. The lowest BCUT2D eigenvalue weighted by molar-refractivity contribution is -0.0364. The molecule has 0 unspecified atom stereocenters. The molecule has 0 atom stereocenters. The minimum atomic E-state index is -0.984. The monoisotopic (exact) mass is 463 g/mol. The van der Waals surface area contributed by atoms with Crippen molar-refractivity contribution in [1.82, 2.24) is 24.2 Å². The first-order valence-electron chi connectivity index (χ1n) is 11.2. The van der Waals surface area contributed by atoms with Gasteiger partial charge in [-0.1, -0.05) is 12.1 Å². The predicted octanol–water partition coefficient (Wildman–Crippen LogP) is 2.76. The van der Waals surface area contributed by atoms with Crippen molar-refractivity contribution in [3.05, 3.63) is 82.8 Å². The number of halogens is 1. The van der Waals surface area contributed by atoms with E-state index >= 15 is 0 Å². The molecule has 5 rings (SSSR count). The zero-order valence-corrected chi connectivity index (χ0v) is 18.9. The van der Waals surface area contributed by atoms with E-state index in [-0.39, 0.29) is 17.9 Å². The Morgan fingerprint density at radius 3 is 2.47 bits per heavy atom. The highest BCUT2D eigenvalue weighted by molar-refractivity contribution is 5.74. The highest BCUT2D eigenvalue weighted by Crippen LogP contribution is 2.25. The van der Waals surface area contributed by atoms with Crippen LogP contribution in [-0.4, -0.2) is 55.1 Å². The van der Waals surface area contributed by atoms with Gasteiger partial charge in [-0.2, -0.15) is 5.10 Å². The number of hydrogen-bond donors (Lipinski definition) is 1. The van der Waals surface area contributed by atoms with Gasteiger partial charge in [-0.3, -0.25) is 14.3 Å². The number of ether oxygens (including phenoxy) is 1. The highest BCUT2D eigenvalue weighted by atomic mass is 19.1. The molecule has 2 aromatic carbocycles. The Morgan fingerprint density at radius 2 is 1.79 bits per heavy atom. The lowest BCUT2D eigenvalue weighted by Gasteiger charge is -2.38. The highest BCUT2D eigenvalue weighted by Gasteiger charge is 2.33. The van der Waals surface area contributed by atoms with E-state index in [9.17, 15) is 14.3 Å². The van der Waals surface area contributed by atoms with Crippen LogP contribution in [0.5, 0.6) is 5.75 Å². The summed E-state index contributed by atoms with van der Waals surface area (Å²) in [7, 11) is 1.65. The molecule has 0 saturated carbocycles. The molecule has 34 heavy (non-hydrogen) atoms. The van der Waals surface area contributed by atoms with Crippen LogP contribution in [0.25, 0.3) is 16.7 Å². The summed E-state index contributed by atoms with van der Waals surface area (Å²) in [4.78, 5) is 19.8. The SMILES string of the molecule is COc1ccc(CN2CCC(O)(Cn3cnc4c(cnn4-c4ccc(F)cc4)c3=O)CC2)cc1. The van der Waals surface area contributed by atoms with Gasteiger partial charge in [0.25, 0.3) is 5.56 Å².